The molecule has 1 aliphatic rings. The Bertz CT molecular complexity index is 407. The molecule has 106 valence electrons. The highest BCUT2D eigenvalue weighted by Gasteiger charge is 2.17. The Kier molecular flexibility index (Phi) is 4.73. The van der Waals surface area contributed by atoms with E-state index >= 15 is 0 Å². The minimum absolute atomic E-state index is 0.195. The number of anilines is 3. The summed E-state index contributed by atoms with van der Waals surface area (Å²) in [5.74, 6) is 1.41. The van der Waals surface area contributed by atoms with E-state index in [9.17, 15) is 0 Å². The van der Waals surface area contributed by atoms with Gasteiger partial charge in [-0.1, -0.05) is 0 Å². The normalized spacial score (nSPS) is 16.6. The van der Waals surface area contributed by atoms with Gasteiger partial charge in [-0.3, -0.25) is 0 Å². The van der Waals surface area contributed by atoms with Crippen molar-refractivity contribution in [1.82, 2.24) is 15.0 Å². The third-order valence-electron chi connectivity index (χ3n) is 3.20. The molecule has 0 aliphatic carbocycles. The van der Waals surface area contributed by atoms with Gasteiger partial charge in [0.15, 0.2) is 0 Å². The number of aliphatic hydroxyl groups is 1. The molecule has 1 aromatic rings. The lowest BCUT2D eigenvalue weighted by Gasteiger charge is -2.18. The fourth-order valence-electron chi connectivity index (χ4n) is 2.19. The van der Waals surface area contributed by atoms with E-state index in [2.05, 4.69) is 25.2 Å². The monoisotopic (exact) mass is 266 g/mol. The zero-order valence-electron chi connectivity index (χ0n) is 11.3. The first kappa shape index (κ1) is 13.8. The van der Waals surface area contributed by atoms with Gasteiger partial charge in [-0.2, -0.15) is 15.0 Å². The van der Waals surface area contributed by atoms with Crippen LogP contribution in [0.2, 0.25) is 0 Å². The van der Waals surface area contributed by atoms with Crippen LogP contribution in [0.3, 0.4) is 0 Å². The van der Waals surface area contributed by atoms with E-state index in [0.717, 1.165) is 25.9 Å². The molecule has 4 N–H and O–H groups in total. The average molecular weight is 266 g/mol. The molecule has 19 heavy (non-hydrogen) atoms. The molecule has 1 unspecified atom stereocenters. The Morgan fingerprint density at radius 3 is 2.74 bits per heavy atom. The molecule has 7 nitrogen and oxygen atoms in total. The lowest BCUT2D eigenvalue weighted by Crippen LogP contribution is -2.24. The number of nitrogens with zero attached hydrogens (tertiary/aromatic N) is 4. The van der Waals surface area contributed by atoms with Crippen LogP contribution in [0, 0.1) is 0 Å². The van der Waals surface area contributed by atoms with Gasteiger partial charge in [0.25, 0.3) is 0 Å². The smallest absolute Gasteiger partial charge is 0.231 e. The van der Waals surface area contributed by atoms with Crippen LogP contribution in [0.1, 0.15) is 32.6 Å². The van der Waals surface area contributed by atoms with Crippen molar-refractivity contribution in [2.45, 2.75) is 38.6 Å². The minimum Gasteiger partial charge on any atom is -0.396 e. The number of hydrogen-bond acceptors (Lipinski definition) is 7. The quantitative estimate of drug-likeness (QED) is 0.694. The predicted octanol–water partition coefficient (Wildman–Crippen LogP) is 0.627. The van der Waals surface area contributed by atoms with Gasteiger partial charge in [-0.25, -0.2) is 0 Å². The van der Waals surface area contributed by atoms with E-state index < -0.39 is 0 Å². The molecule has 0 aromatic carbocycles. The molecule has 0 spiro atoms. The summed E-state index contributed by atoms with van der Waals surface area (Å²) in [4.78, 5) is 14.8. The summed E-state index contributed by atoms with van der Waals surface area (Å²) in [6.45, 7) is 4.18. The fraction of sp³-hybridized carbons (Fsp3) is 0.750. The second kappa shape index (κ2) is 6.51. The van der Waals surface area contributed by atoms with Gasteiger partial charge in [-0.05, 0) is 32.6 Å². The first-order valence-electron chi connectivity index (χ1n) is 6.83. The summed E-state index contributed by atoms with van der Waals surface area (Å²) in [6, 6.07) is 0.195. The molecule has 1 saturated heterocycles. The lowest BCUT2D eigenvalue weighted by atomic mass is 10.2. The third kappa shape index (κ3) is 3.92. The number of aliphatic hydroxyl groups excluding tert-OH is 1. The van der Waals surface area contributed by atoms with E-state index in [1.165, 1.54) is 12.8 Å². The molecular weight excluding hydrogens is 244 g/mol. The average Bonchev–Trinajstić information content (AvgIpc) is 2.89. The highest BCUT2D eigenvalue weighted by atomic mass is 16.2. The molecule has 1 aromatic heterocycles. The van der Waals surface area contributed by atoms with E-state index in [0.29, 0.717) is 11.9 Å². The Balaban J connectivity index is 2.03. The lowest BCUT2D eigenvalue weighted by molar-refractivity contribution is 0.282. The maximum absolute atomic E-state index is 8.82. The van der Waals surface area contributed by atoms with Gasteiger partial charge in [0.1, 0.15) is 0 Å². The van der Waals surface area contributed by atoms with Crippen LogP contribution >= 0.6 is 0 Å². The van der Waals surface area contributed by atoms with Crippen molar-refractivity contribution >= 4 is 17.8 Å². The largest absolute Gasteiger partial charge is 0.396 e. The summed E-state index contributed by atoms with van der Waals surface area (Å²) < 4.78 is 0. The van der Waals surface area contributed by atoms with Crippen molar-refractivity contribution in [2.75, 3.05) is 35.6 Å². The first-order valence-corrected chi connectivity index (χ1v) is 6.83. The maximum atomic E-state index is 8.82. The molecule has 0 saturated carbocycles. The van der Waals surface area contributed by atoms with Gasteiger partial charge in [0.2, 0.25) is 17.8 Å². The second-order valence-corrected chi connectivity index (χ2v) is 4.92. The number of hydrogen-bond donors (Lipinski definition) is 3. The van der Waals surface area contributed by atoms with Crippen LogP contribution in [0.15, 0.2) is 0 Å². The Morgan fingerprint density at radius 1 is 1.32 bits per heavy atom. The van der Waals surface area contributed by atoms with Crippen LogP contribution in [-0.4, -0.2) is 45.8 Å². The number of nitrogens with one attached hydrogen (secondary N) is 1. The third-order valence-corrected chi connectivity index (χ3v) is 3.20. The standard InChI is InChI=1S/C12H22N6O/c1-9(5-4-8-19)14-11-15-10(13)16-12(17-11)18-6-2-3-7-18/h9,19H,2-8H2,1H3,(H3,13,14,15,16,17). The van der Waals surface area contributed by atoms with Crippen LogP contribution in [0.25, 0.3) is 0 Å². The van der Waals surface area contributed by atoms with E-state index in [-0.39, 0.29) is 18.6 Å². The van der Waals surface area contributed by atoms with Gasteiger partial charge < -0.3 is 21.1 Å². The highest BCUT2D eigenvalue weighted by Crippen LogP contribution is 2.18. The second-order valence-electron chi connectivity index (χ2n) is 4.92. The zero-order chi connectivity index (χ0) is 13.7. The van der Waals surface area contributed by atoms with E-state index in [1.54, 1.807) is 0 Å². The summed E-state index contributed by atoms with van der Waals surface area (Å²) in [5.41, 5.74) is 5.73. The molecule has 7 heteroatoms. The predicted molar refractivity (Wildman–Crippen MR) is 75.1 cm³/mol. The van der Waals surface area contributed by atoms with Gasteiger partial charge in [-0.15, -0.1) is 0 Å². The first-order chi connectivity index (χ1) is 9.19. The van der Waals surface area contributed by atoms with Crippen LogP contribution in [0.4, 0.5) is 17.8 Å². The minimum atomic E-state index is 0.195. The van der Waals surface area contributed by atoms with Gasteiger partial charge in [0.05, 0.1) is 0 Å². The molecule has 1 aliphatic heterocycles. The zero-order valence-corrected chi connectivity index (χ0v) is 11.3. The molecule has 0 bridgehead atoms. The number of nitrogen functional groups attached to an aromatic ring is 1. The molecule has 2 heterocycles. The van der Waals surface area contributed by atoms with Crippen molar-refractivity contribution < 1.29 is 5.11 Å². The van der Waals surface area contributed by atoms with Gasteiger partial charge >= 0.3 is 0 Å². The maximum Gasteiger partial charge on any atom is 0.231 e. The van der Waals surface area contributed by atoms with Gasteiger partial charge in [0, 0.05) is 25.7 Å². The Morgan fingerprint density at radius 2 is 2.05 bits per heavy atom. The van der Waals surface area contributed by atoms with Crippen molar-refractivity contribution in [3.63, 3.8) is 0 Å². The molecule has 0 amide bonds. The molecular formula is C12H22N6O. The molecule has 1 fully saturated rings. The summed E-state index contributed by atoms with van der Waals surface area (Å²) in [6.07, 6.45) is 3.96. The topological polar surface area (TPSA) is 100 Å². The summed E-state index contributed by atoms with van der Waals surface area (Å²) >= 11 is 0. The highest BCUT2D eigenvalue weighted by molar-refractivity contribution is 5.42. The van der Waals surface area contributed by atoms with Crippen molar-refractivity contribution in [3.8, 4) is 0 Å². The van der Waals surface area contributed by atoms with Crippen LogP contribution in [0.5, 0.6) is 0 Å². The fourth-order valence-corrected chi connectivity index (χ4v) is 2.19. The summed E-state index contributed by atoms with van der Waals surface area (Å²) in [7, 11) is 0. The van der Waals surface area contributed by atoms with Crippen LogP contribution in [-0.2, 0) is 0 Å². The Hall–Kier alpha value is -1.63. The summed E-state index contributed by atoms with van der Waals surface area (Å²) in [5, 5.41) is 12.0. The van der Waals surface area contributed by atoms with E-state index in [4.69, 9.17) is 10.8 Å². The number of rotatable bonds is 6. The molecule has 1 atom stereocenters. The van der Waals surface area contributed by atoms with Crippen LogP contribution < -0.4 is 16.0 Å². The molecule has 2 rings (SSSR count). The van der Waals surface area contributed by atoms with E-state index in [1.807, 2.05) is 6.92 Å². The SMILES string of the molecule is CC(CCCO)Nc1nc(N)nc(N2CCCC2)n1. The number of aromatic nitrogens is 3. The van der Waals surface area contributed by atoms with Crippen molar-refractivity contribution in [1.29, 1.82) is 0 Å². The Labute approximate surface area is 113 Å². The van der Waals surface area contributed by atoms with Crippen molar-refractivity contribution in [3.05, 3.63) is 0 Å². The van der Waals surface area contributed by atoms with Crippen molar-refractivity contribution in [2.24, 2.45) is 0 Å². The molecule has 0 radical (unpaired) electrons. The number of nitrogens with two attached hydrogens (primary N) is 1.